The molecule has 0 aromatic heterocycles. The fourth-order valence-electron chi connectivity index (χ4n) is 0.974. The quantitative estimate of drug-likeness (QED) is 0.548. The molecular weight excluding hydrogens is 142 g/mol. The van der Waals surface area contributed by atoms with Crippen LogP contribution in [0.4, 0.5) is 0 Å². The number of carbonyl (C=O) groups excluding carboxylic acids is 1. The van der Waals surface area contributed by atoms with Crippen LogP contribution in [0.25, 0.3) is 0 Å². The van der Waals surface area contributed by atoms with Crippen molar-refractivity contribution in [3.8, 4) is 0 Å². The lowest BCUT2D eigenvalue weighted by Gasteiger charge is -2.35. The minimum atomic E-state index is -0.301. The number of aliphatic hydroxyl groups excluding tert-OH is 1. The van der Waals surface area contributed by atoms with Gasteiger partial charge in [-0.15, -0.1) is 0 Å². The van der Waals surface area contributed by atoms with Crippen molar-refractivity contribution in [3.05, 3.63) is 11.6 Å². The van der Waals surface area contributed by atoms with E-state index in [1.165, 1.54) is 0 Å². The molecule has 0 aliphatic carbocycles. The lowest BCUT2D eigenvalue weighted by Crippen LogP contribution is -2.53. The fourth-order valence-corrected chi connectivity index (χ4v) is 0.974. The van der Waals surface area contributed by atoms with E-state index in [-0.39, 0.29) is 12.0 Å². The van der Waals surface area contributed by atoms with Crippen molar-refractivity contribution in [2.45, 2.75) is 20.0 Å². The average molecular weight is 155 g/mol. The number of rotatable bonds is 1. The van der Waals surface area contributed by atoms with Gasteiger partial charge in [-0.2, -0.15) is 0 Å². The summed E-state index contributed by atoms with van der Waals surface area (Å²) in [6.45, 7) is 4.74. The van der Waals surface area contributed by atoms with E-state index in [4.69, 9.17) is 5.11 Å². The molecule has 0 unspecified atom stereocenters. The molecule has 1 heterocycles. The summed E-state index contributed by atoms with van der Waals surface area (Å²) in [5, 5.41) is 8.89. The zero-order chi connectivity index (χ0) is 8.43. The number of amides is 1. The first-order valence-electron chi connectivity index (χ1n) is 3.71. The number of hydrogen-bond acceptors (Lipinski definition) is 2. The minimum absolute atomic E-state index is 0.00954. The second kappa shape index (κ2) is 3.05. The molecule has 0 spiro atoms. The first kappa shape index (κ1) is 8.27. The molecule has 1 amide bonds. The summed E-state index contributed by atoms with van der Waals surface area (Å²) in [6, 6.07) is 0. The summed E-state index contributed by atoms with van der Waals surface area (Å²) >= 11 is 0. The number of allylic oxidation sites excluding steroid dienone is 1. The molecule has 62 valence electrons. The average Bonchev–Trinajstić information content (AvgIpc) is 1.79. The smallest absolute Gasteiger partial charge is 0.246 e. The van der Waals surface area contributed by atoms with Crippen LogP contribution < -0.4 is 0 Å². The highest BCUT2D eigenvalue weighted by atomic mass is 16.3. The topological polar surface area (TPSA) is 40.5 Å². The minimum Gasteiger partial charge on any atom is -0.389 e. The maximum atomic E-state index is 11.1. The van der Waals surface area contributed by atoms with Crippen molar-refractivity contribution in [1.82, 2.24) is 4.90 Å². The summed E-state index contributed by atoms with van der Waals surface area (Å²) in [4.78, 5) is 12.7. The van der Waals surface area contributed by atoms with Crippen LogP contribution in [0.2, 0.25) is 0 Å². The Hall–Kier alpha value is -0.830. The Balaban J connectivity index is 2.39. The Morgan fingerprint density at radius 2 is 2.09 bits per heavy atom. The van der Waals surface area contributed by atoms with Crippen LogP contribution in [0, 0.1) is 0 Å². The molecule has 3 heteroatoms. The molecule has 0 bridgehead atoms. The van der Waals surface area contributed by atoms with Crippen LogP contribution in [0.15, 0.2) is 11.6 Å². The molecule has 1 saturated heterocycles. The zero-order valence-corrected chi connectivity index (χ0v) is 6.87. The molecule has 1 aliphatic rings. The maximum absolute atomic E-state index is 11.1. The predicted molar refractivity (Wildman–Crippen MR) is 42.0 cm³/mol. The van der Waals surface area contributed by atoms with Gasteiger partial charge in [0.15, 0.2) is 0 Å². The molecule has 3 nitrogen and oxygen atoms in total. The van der Waals surface area contributed by atoms with Crippen molar-refractivity contribution in [3.63, 3.8) is 0 Å². The molecule has 1 aliphatic heterocycles. The molecule has 0 aromatic carbocycles. The van der Waals surface area contributed by atoms with E-state index in [0.717, 1.165) is 5.57 Å². The van der Waals surface area contributed by atoms with Crippen LogP contribution >= 0.6 is 0 Å². The number of aliphatic hydroxyl groups is 1. The van der Waals surface area contributed by atoms with E-state index in [1.54, 1.807) is 11.0 Å². The number of β-amino-alcohol motifs (C(OH)–C–C–N with tert-alkyl or cyclic N) is 1. The second-order valence-electron chi connectivity index (χ2n) is 3.12. The van der Waals surface area contributed by atoms with Gasteiger partial charge >= 0.3 is 0 Å². The van der Waals surface area contributed by atoms with Gasteiger partial charge in [-0.05, 0) is 13.8 Å². The Bertz CT molecular complexity index is 188. The first-order valence-corrected chi connectivity index (χ1v) is 3.71. The molecule has 0 aromatic rings. The number of hydrogen-bond donors (Lipinski definition) is 1. The van der Waals surface area contributed by atoms with Gasteiger partial charge in [0.2, 0.25) is 5.91 Å². The van der Waals surface area contributed by atoms with E-state index in [1.807, 2.05) is 13.8 Å². The van der Waals surface area contributed by atoms with Crippen molar-refractivity contribution < 1.29 is 9.90 Å². The highest BCUT2D eigenvalue weighted by Crippen LogP contribution is 2.08. The predicted octanol–water partition coefficient (Wildman–Crippen LogP) is 0.156. The number of carbonyl (C=O) groups is 1. The molecular formula is C8H13NO2. The third-order valence-corrected chi connectivity index (χ3v) is 1.59. The third kappa shape index (κ3) is 2.05. The van der Waals surface area contributed by atoms with Crippen molar-refractivity contribution in [2.24, 2.45) is 0 Å². The number of nitrogens with zero attached hydrogens (tertiary/aromatic N) is 1. The van der Waals surface area contributed by atoms with Gasteiger partial charge in [-0.1, -0.05) is 5.57 Å². The Kier molecular flexibility index (Phi) is 2.29. The van der Waals surface area contributed by atoms with Crippen LogP contribution in [0.5, 0.6) is 0 Å². The normalized spacial score (nSPS) is 17.5. The van der Waals surface area contributed by atoms with Crippen molar-refractivity contribution in [1.29, 1.82) is 0 Å². The largest absolute Gasteiger partial charge is 0.389 e. The summed E-state index contributed by atoms with van der Waals surface area (Å²) in [7, 11) is 0. The van der Waals surface area contributed by atoms with E-state index < -0.39 is 0 Å². The summed E-state index contributed by atoms with van der Waals surface area (Å²) in [5.74, 6) is 0.00954. The second-order valence-corrected chi connectivity index (χ2v) is 3.12. The van der Waals surface area contributed by atoms with E-state index >= 15 is 0 Å². The molecule has 1 N–H and O–H groups in total. The van der Waals surface area contributed by atoms with Gasteiger partial charge in [-0.25, -0.2) is 0 Å². The standard InChI is InChI=1S/C8H13NO2/c1-6(2)3-8(11)9-4-7(10)5-9/h3,7,10H,4-5H2,1-2H3. The summed E-state index contributed by atoms with van der Waals surface area (Å²) in [6.07, 6.45) is 1.29. The van der Waals surface area contributed by atoms with Crippen LogP contribution in [0.3, 0.4) is 0 Å². The van der Waals surface area contributed by atoms with Gasteiger partial charge in [0.1, 0.15) is 0 Å². The number of likely N-dealkylation sites (tertiary alicyclic amines) is 1. The van der Waals surface area contributed by atoms with E-state index in [2.05, 4.69) is 0 Å². The Labute approximate surface area is 66.3 Å². The molecule has 0 radical (unpaired) electrons. The molecule has 11 heavy (non-hydrogen) atoms. The van der Waals surface area contributed by atoms with Gasteiger partial charge in [0, 0.05) is 19.2 Å². The molecule has 1 fully saturated rings. The van der Waals surface area contributed by atoms with Gasteiger partial charge in [0.25, 0.3) is 0 Å². The third-order valence-electron chi connectivity index (χ3n) is 1.59. The lowest BCUT2D eigenvalue weighted by atomic mass is 10.1. The maximum Gasteiger partial charge on any atom is 0.246 e. The Morgan fingerprint density at radius 1 is 1.55 bits per heavy atom. The highest BCUT2D eigenvalue weighted by Gasteiger charge is 2.27. The van der Waals surface area contributed by atoms with Crippen molar-refractivity contribution in [2.75, 3.05) is 13.1 Å². The fraction of sp³-hybridized carbons (Fsp3) is 0.625. The Morgan fingerprint density at radius 3 is 2.45 bits per heavy atom. The first-order chi connectivity index (χ1) is 5.09. The highest BCUT2D eigenvalue weighted by molar-refractivity contribution is 5.88. The molecule has 1 rings (SSSR count). The van der Waals surface area contributed by atoms with Crippen LogP contribution in [0.1, 0.15) is 13.8 Å². The lowest BCUT2D eigenvalue weighted by molar-refractivity contribution is -0.135. The van der Waals surface area contributed by atoms with Crippen LogP contribution in [-0.2, 0) is 4.79 Å². The van der Waals surface area contributed by atoms with Crippen molar-refractivity contribution >= 4 is 5.91 Å². The SMILES string of the molecule is CC(C)=CC(=O)N1CC(O)C1. The zero-order valence-electron chi connectivity index (χ0n) is 6.87. The van der Waals surface area contributed by atoms with E-state index in [9.17, 15) is 4.79 Å². The molecule has 0 atom stereocenters. The van der Waals surface area contributed by atoms with Crippen LogP contribution in [-0.4, -0.2) is 35.1 Å². The van der Waals surface area contributed by atoms with Gasteiger partial charge in [0.05, 0.1) is 6.10 Å². The van der Waals surface area contributed by atoms with E-state index in [0.29, 0.717) is 13.1 Å². The monoisotopic (exact) mass is 155 g/mol. The summed E-state index contributed by atoms with van der Waals surface area (Å²) < 4.78 is 0. The van der Waals surface area contributed by atoms with Gasteiger partial charge < -0.3 is 10.0 Å². The summed E-state index contributed by atoms with van der Waals surface area (Å²) in [5.41, 5.74) is 0.997. The van der Waals surface area contributed by atoms with Gasteiger partial charge in [-0.3, -0.25) is 4.79 Å². The molecule has 0 saturated carbocycles.